The fraction of sp³-hybridized carbons (Fsp3) is 0.368. The van der Waals surface area contributed by atoms with Gasteiger partial charge >= 0.3 is 0 Å². The number of benzene rings is 2. The highest BCUT2D eigenvalue weighted by atomic mass is 14.9. The Bertz CT molecular complexity index is 545. The van der Waals surface area contributed by atoms with Gasteiger partial charge in [0.2, 0.25) is 0 Å². The summed E-state index contributed by atoms with van der Waals surface area (Å²) < 4.78 is 0. The van der Waals surface area contributed by atoms with Gasteiger partial charge in [-0.3, -0.25) is 0 Å². The lowest BCUT2D eigenvalue weighted by molar-refractivity contribution is 0.598. The van der Waals surface area contributed by atoms with Gasteiger partial charge in [0.05, 0.1) is 6.04 Å². The van der Waals surface area contributed by atoms with Gasteiger partial charge in [0.25, 0.3) is 0 Å². The summed E-state index contributed by atoms with van der Waals surface area (Å²) in [5.74, 6) is 0. The Labute approximate surface area is 123 Å². The van der Waals surface area contributed by atoms with Crippen molar-refractivity contribution in [3.05, 3.63) is 70.8 Å². The zero-order valence-electron chi connectivity index (χ0n) is 12.8. The molecule has 2 aromatic carbocycles. The number of nitrogens with one attached hydrogen (secondary N) is 1. The van der Waals surface area contributed by atoms with Crippen LogP contribution in [0.3, 0.4) is 0 Å². The summed E-state index contributed by atoms with van der Waals surface area (Å²) >= 11 is 0. The molecular weight excluding hydrogens is 242 g/mol. The maximum absolute atomic E-state index is 3.68. The van der Waals surface area contributed by atoms with Gasteiger partial charge < -0.3 is 5.32 Å². The van der Waals surface area contributed by atoms with Crippen LogP contribution in [0.25, 0.3) is 0 Å². The van der Waals surface area contributed by atoms with E-state index in [-0.39, 0.29) is 0 Å². The topological polar surface area (TPSA) is 12.0 Å². The maximum Gasteiger partial charge on any atom is 0.0576 e. The molecule has 2 aromatic rings. The molecule has 1 nitrogen and oxygen atoms in total. The average molecular weight is 267 g/mol. The van der Waals surface area contributed by atoms with Crippen LogP contribution in [0.4, 0.5) is 0 Å². The average Bonchev–Trinajstić information content (AvgIpc) is 2.48. The quantitative estimate of drug-likeness (QED) is 0.803. The molecule has 1 heteroatoms. The molecule has 0 aliphatic rings. The molecule has 0 spiro atoms. The zero-order chi connectivity index (χ0) is 14.4. The van der Waals surface area contributed by atoms with E-state index in [1.807, 2.05) is 0 Å². The van der Waals surface area contributed by atoms with E-state index in [2.05, 4.69) is 74.6 Å². The fourth-order valence-corrected chi connectivity index (χ4v) is 2.56. The molecule has 0 bridgehead atoms. The molecule has 106 valence electrons. The largest absolute Gasteiger partial charge is 0.306 e. The molecule has 0 saturated carbocycles. The molecule has 20 heavy (non-hydrogen) atoms. The Hall–Kier alpha value is -1.60. The summed E-state index contributed by atoms with van der Waals surface area (Å²) in [5, 5.41) is 3.68. The van der Waals surface area contributed by atoms with Gasteiger partial charge in [0.1, 0.15) is 0 Å². The van der Waals surface area contributed by atoms with E-state index in [0.29, 0.717) is 6.04 Å². The number of aryl methyl sites for hydroxylation is 2. The second kappa shape index (κ2) is 7.25. The van der Waals surface area contributed by atoms with Crippen LogP contribution in [-0.4, -0.2) is 6.54 Å². The van der Waals surface area contributed by atoms with Crippen molar-refractivity contribution in [1.29, 1.82) is 0 Å². The smallest absolute Gasteiger partial charge is 0.0576 e. The van der Waals surface area contributed by atoms with Crippen molar-refractivity contribution in [2.24, 2.45) is 0 Å². The highest BCUT2D eigenvalue weighted by Crippen LogP contribution is 2.24. The van der Waals surface area contributed by atoms with Crippen LogP contribution in [0.1, 0.15) is 48.6 Å². The van der Waals surface area contributed by atoms with Gasteiger partial charge in [-0.05, 0) is 43.0 Å². The molecule has 0 amide bonds. The molecule has 0 heterocycles. The third kappa shape index (κ3) is 3.71. The van der Waals surface area contributed by atoms with E-state index in [1.54, 1.807) is 0 Å². The van der Waals surface area contributed by atoms with Gasteiger partial charge in [0.15, 0.2) is 0 Å². The highest BCUT2D eigenvalue weighted by Gasteiger charge is 2.13. The summed E-state index contributed by atoms with van der Waals surface area (Å²) in [5.41, 5.74) is 5.44. The molecule has 0 saturated heterocycles. The van der Waals surface area contributed by atoms with Crippen LogP contribution in [0, 0.1) is 6.92 Å². The number of rotatable bonds is 6. The third-order valence-electron chi connectivity index (χ3n) is 3.67. The molecule has 0 aliphatic heterocycles. The molecular formula is C19H25N. The predicted molar refractivity (Wildman–Crippen MR) is 87.1 cm³/mol. The van der Waals surface area contributed by atoms with Gasteiger partial charge in [-0.1, -0.05) is 67.9 Å². The first-order chi connectivity index (χ1) is 9.74. The molecule has 2 rings (SSSR count). The normalized spacial score (nSPS) is 12.3. The Balaban J connectivity index is 2.35. The van der Waals surface area contributed by atoms with E-state index in [4.69, 9.17) is 0 Å². The minimum absolute atomic E-state index is 0.293. The van der Waals surface area contributed by atoms with Crippen LogP contribution in [0.5, 0.6) is 0 Å². The van der Waals surface area contributed by atoms with Crippen LogP contribution < -0.4 is 5.32 Å². The molecule has 0 fully saturated rings. The van der Waals surface area contributed by atoms with Crippen LogP contribution >= 0.6 is 0 Å². The third-order valence-corrected chi connectivity index (χ3v) is 3.67. The first kappa shape index (κ1) is 14.8. The van der Waals surface area contributed by atoms with E-state index < -0.39 is 0 Å². The second-order valence-electron chi connectivity index (χ2n) is 5.40. The lowest BCUT2D eigenvalue weighted by atomic mass is 9.95. The van der Waals surface area contributed by atoms with Crippen LogP contribution in [0.15, 0.2) is 48.5 Å². The molecule has 1 unspecified atom stereocenters. The summed E-state index contributed by atoms with van der Waals surface area (Å²) in [6.45, 7) is 7.61. The van der Waals surface area contributed by atoms with Crippen molar-refractivity contribution in [1.82, 2.24) is 5.32 Å². The van der Waals surface area contributed by atoms with Gasteiger partial charge in [-0.15, -0.1) is 0 Å². The summed E-state index contributed by atoms with van der Waals surface area (Å²) in [6.07, 6.45) is 2.23. The Morgan fingerprint density at radius 3 is 2.30 bits per heavy atom. The Morgan fingerprint density at radius 2 is 1.65 bits per heavy atom. The van der Waals surface area contributed by atoms with Crippen molar-refractivity contribution < 1.29 is 0 Å². The minimum Gasteiger partial charge on any atom is -0.306 e. The number of hydrogen-bond acceptors (Lipinski definition) is 1. The van der Waals surface area contributed by atoms with Crippen molar-refractivity contribution in [3.8, 4) is 0 Å². The molecule has 1 atom stereocenters. The predicted octanol–water partition coefficient (Wildman–Crippen LogP) is 4.65. The van der Waals surface area contributed by atoms with E-state index in [9.17, 15) is 0 Å². The van der Waals surface area contributed by atoms with Gasteiger partial charge in [0, 0.05) is 0 Å². The van der Waals surface area contributed by atoms with Crippen LogP contribution in [-0.2, 0) is 6.42 Å². The van der Waals surface area contributed by atoms with Crippen molar-refractivity contribution in [2.75, 3.05) is 6.54 Å². The first-order valence-electron chi connectivity index (χ1n) is 7.63. The van der Waals surface area contributed by atoms with Gasteiger partial charge in [-0.2, -0.15) is 0 Å². The first-order valence-corrected chi connectivity index (χ1v) is 7.63. The highest BCUT2D eigenvalue weighted by molar-refractivity contribution is 5.36. The van der Waals surface area contributed by atoms with E-state index in [0.717, 1.165) is 19.4 Å². The summed E-state index contributed by atoms with van der Waals surface area (Å²) in [7, 11) is 0. The minimum atomic E-state index is 0.293. The van der Waals surface area contributed by atoms with Crippen molar-refractivity contribution in [2.45, 2.75) is 39.7 Å². The zero-order valence-corrected chi connectivity index (χ0v) is 12.8. The van der Waals surface area contributed by atoms with Crippen LogP contribution in [0.2, 0.25) is 0 Å². The molecule has 1 N–H and O–H groups in total. The van der Waals surface area contributed by atoms with Gasteiger partial charge in [-0.25, -0.2) is 0 Å². The standard InChI is InChI=1S/C19H25N/c1-4-12-20-19(17-10-6-8-15(3)13-17)18-11-7-9-16(5-2)14-18/h6-11,13-14,19-20H,4-5,12H2,1-3H3. The van der Waals surface area contributed by atoms with E-state index in [1.165, 1.54) is 22.3 Å². The Kier molecular flexibility index (Phi) is 5.37. The SMILES string of the molecule is CCCNC(c1cccc(C)c1)c1cccc(CC)c1. The Morgan fingerprint density at radius 1 is 0.950 bits per heavy atom. The fourth-order valence-electron chi connectivity index (χ4n) is 2.56. The summed E-state index contributed by atoms with van der Waals surface area (Å²) in [6, 6.07) is 18.0. The monoisotopic (exact) mass is 267 g/mol. The second-order valence-corrected chi connectivity index (χ2v) is 5.40. The number of hydrogen-bond donors (Lipinski definition) is 1. The molecule has 0 aromatic heterocycles. The lowest BCUT2D eigenvalue weighted by Gasteiger charge is -2.20. The molecule has 0 radical (unpaired) electrons. The summed E-state index contributed by atoms with van der Waals surface area (Å²) in [4.78, 5) is 0. The lowest BCUT2D eigenvalue weighted by Crippen LogP contribution is -2.23. The molecule has 0 aliphatic carbocycles. The van der Waals surface area contributed by atoms with Crippen molar-refractivity contribution >= 4 is 0 Å². The maximum atomic E-state index is 3.68. The van der Waals surface area contributed by atoms with Crippen molar-refractivity contribution in [3.63, 3.8) is 0 Å². The van der Waals surface area contributed by atoms with E-state index >= 15 is 0 Å².